The Kier molecular flexibility index (Phi) is 11.5. The first-order valence-corrected chi connectivity index (χ1v) is 3.01. The quantitative estimate of drug-likeness (QED) is 0.473. The fraction of sp³-hybridized carbons (Fsp3) is 1.00. The van der Waals surface area contributed by atoms with Gasteiger partial charge in [0.2, 0.25) is 0 Å². The van der Waals surface area contributed by atoms with Crippen LogP contribution in [-0.4, -0.2) is 31.4 Å². The van der Waals surface area contributed by atoms with E-state index in [2.05, 4.69) is 4.90 Å². The molecule has 1 nitrogen and oxygen atoms in total. The Bertz CT molecular complexity index is 41.4. The van der Waals surface area contributed by atoms with Crippen molar-refractivity contribution < 1.29 is 19.5 Å². The van der Waals surface area contributed by atoms with Crippen molar-refractivity contribution in [1.82, 2.24) is 4.90 Å². The minimum absolute atomic E-state index is 0. The monoisotopic (exact) mass is 185 g/mol. The second kappa shape index (κ2) is 7.87. The molecular formula is C5H12ClNZn. The summed E-state index contributed by atoms with van der Waals surface area (Å²) in [6.45, 7) is 1.10. The molecule has 0 aliphatic rings. The summed E-state index contributed by atoms with van der Waals surface area (Å²) < 4.78 is 0. The zero-order valence-corrected chi connectivity index (χ0v) is 9.38. The number of halogens is 1. The molecule has 0 aliphatic carbocycles. The molecule has 0 saturated heterocycles. The van der Waals surface area contributed by atoms with Crippen LogP contribution in [0, 0.1) is 0 Å². The standard InChI is InChI=1S/C5H12ClN.Zn/c1-7(2)5-3-4-6;/h3-5H2,1-2H3;. The third-order valence-corrected chi connectivity index (χ3v) is 1.01. The van der Waals surface area contributed by atoms with Gasteiger partial charge in [0.05, 0.1) is 0 Å². The first-order valence-electron chi connectivity index (χ1n) is 2.48. The number of rotatable bonds is 3. The molecule has 0 saturated carbocycles. The fourth-order valence-electron chi connectivity index (χ4n) is 0.376. The van der Waals surface area contributed by atoms with E-state index in [1.165, 1.54) is 0 Å². The van der Waals surface area contributed by atoms with Gasteiger partial charge in [0.25, 0.3) is 0 Å². The van der Waals surface area contributed by atoms with Crippen LogP contribution >= 0.6 is 11.6 Å². The van der Waals surface area contributed by atoms with Gasteiger partial charge in [-0.1, -0.05) is 0 Å². The Morgan fingerprint density at radius 1 is 1.38 bits per heavy atom. The predicted octanol–water partition coefficient (Wildman–Crippen LogP) is 1.17. The fourth-order valence-corrected chi connectivity index (χ4v) is 0.496. The van der Waals surface area contributed by atoms with Gasteiger partial charge in [-0.25, -0.2) is 0 Å². The van der Waals surface area contributed by atoms with Gasteiger partial charge in [0.1, 0.15) is 0 Å². The summed E-state index contributed by atoms with van der Waals surface area (Å²) in [5, 5.41) is 0. The van der Waals surface area contributed by atoms with Gasteiger partial charge in [-0.3, -0.25) is 0 Å². The molecule has 3 heteroatoms. The van der Waals surface area contributed by atoms with Crippen LogP contribution in [0.1, 0.15) is 6.42 Å². The number of hydrogen-bond donors (Lipinski definition) is 0. The first kappa shape index (κ1) is 11.6. The molecule has 0 rings (SSSR count). The molecule has 0 aliphatic heterocycles. The molecular weight excluding hydrogens is 175 g/mol. The molecule has 46 valence electrons. The normalized spacial score (nSPS) is 9.00. The van der Waals surface area contributed by atoms with Crippen molar-refractivity contribution in [1.29, 1.82) is 0 Å². The molecule has 0 N–H and O–H groups in total. The maximum absolute atomic E-state index is 5.42. The SMILES string of the molecule is CN(C)CCCCl.[Zn]. The van der Waals surface area contributed by atoms with Crippen LogP contribution in [0.15, 0.2) is 0 Å². The van der Waals surface area contributed by atoms with Gasteiger partial charge >= 0.3 is 0 Å². The van der Waals surface area contributed by atoms with E-state index in [1.807, 2.05) is 14.1 Å². The average molecular weight is 187 g/mol. The molecule has 0 aromatic heterocycles. The molecule has 0 amide bonds. The van der Waals surface area contributed by atoms with Crippen LogP contribution in [0.5, 0.6) is 0 Å². The zero-order chi connectivity index (χ0) is 5.70. The largest absolute Gasteiger partial charge is 0.309 e. The Morgan fingerprint density at radius 2 is 1.88 bits per heavy atom. The third kappa shape index (κ3) is 9.98. The summed E-state index contributed by atoms with van der Waals surface area (Å²) in [5.74, 6) is 0.776. The minimum atomic E-state index is 0. The molecule has 8 heavy (non-hydrogen) atoms. The van der Waals surface area contributed by atoms with E-state index in [1.54, 1.807) is 0 Å². The molecule has 0 radical (unpaired) electrons. The van der Waals surface area contributed by atoms with Gasteiger partial charge in [-0.05, 0) is 27.1 Å². The van der Waals surface area contributed by atoms with Crippen LogP contribution in [0.25, 0.3) is 0 Å². The summed E-state index contributed by atoms with van der Waals surface area (Å²) in [4.78, 5) is 2.13. The number of hydrogen-bond acceptors (Lipinski definition) is 1. The molecule has 0 bridgehead atoms. The molecule has 0 unspecified atom stereocenters. The van der Waals surface area contributed by atoms with Crippen molar-refractivity contribution in [3.63, 3.8) is 0 Å². The zero-order valence-electron chi connectivity index (χ0n) is 5.65. The summed E-state index contributed by atoms with van der Waals surface area (Å²) >= 11 is 5.42. The Hall–Kier alpha value is 0.873. The van der Waals surface area contributed by atoms with Crippen LogP contribution in [0.2, 0.25) is 0 Å². The predicted molar refractivity (Wildman–Crippen MR) is 33.9 cm³/mol. The van der Waals surface area contributed by atoms with Gasteiger partial charge in [-0.15, -0.1) is 11.6 Å². The number of alkyl halides is 1. The smallest absolute Gasteiger partial charge is 0.0235 e. The van der Waals surface area contributed by atoms with E-state index in [4.69, 9.17) is 11.6 Å². The maximum atomic E-state index is 5.42. The molecule has 0 spiro atoms. The van der Waals surface area contributed by atoms with Gasteiger partial charge in [0.15, 0.2) is 0 Å². The number of nitrogens with zero attached hydrogens (tertiary/aromatic N) is 1. The minimum Gasteiger partial charge on any atom is -0.309 e. The Labute approximate surface area is 69.1 Å². The van der Waals surface area contributed by atoms with Crippen LogP contribution in [0.4, 0.5) is 0 Å². The van der Waals surface area contributed by atoms with Crippen molar-refractivity contribution in [2.24, 2.45) is 0 Å². The van der Waals surface area contributed by atoms with Crippen LogP contribution in [0.3, 0.4) is 0 Å². The van der Waals surface area contributed by atoms with E-state index in [0.717, 1.165) is 18.8 Å². The Morgan fingerprint density at radius 3 is 2.00 bits per heavy atom. The summed E-state index contributed by atoms with van der Waals surface area (Å²) in [7, 11) is 4.10. The summed E-state index contributed by atoms with van der Waals surface area (Å²) in [5.41, 5.74) is 0. The van der Waals surface area contributed by atoms with Crippen LogP contribution in [-0.2, 0) is 19.5 Å². The molecule has 0 aromatic rings. The summed E-state index contributed by atoms with van der Waals surface area (Å²) in [6.07, 6.45) is 1.09. The topological polar surface area (TPSA) is 3.24 Å². The molecule has 0 heterocycles. The maximum Gasteiger partial charge on any atom is 0.0235 e. The van der Waals surface area contributed by atoms with E-state index >= 15 is 0 Å². The van der Waals surface area contributed by atoms with Gasteiger partial charge in [-0.2, -0.15) is 0 Å². The van der Waals surface area contributed by atoms with E-state index < -0.39 is 0 Å². The van der Waals surface area contributed by atoms with E-state index in [9.17, 15) is 0 Å². The molecule has 0 fully saturated rings. The van der Waals surface area contributed by atoms with Crippen molar-refractivity contribution >= 4 is 11.6 Å². The third-order valence-electron chi connectivity index (χ3n) is 0.739. The molecule has 0 atom stereocenters. The summed E-state index contributed by atoms with van der Waals surface area (Å²) in [6, 6.07) is 0. The average Bonchev–Trinajstić information content (AvgIpc) is 1.61. The van der Waals surface area contributed by atoms with Gasteiger partial charge in [0, 0.05) is 25.4 Å². The molecule has 0 aromatic carbocycles. The van der Waals surface area contributed by atoms with Gasteiger partial charge < -0.3 is 4.90 Å². The van der Waals surface area contributed by atoms with Crippen molar-refractivity contribution in [2.45, 2.75) is 6.42 Å². The first-order chi connectivity index (χ1) is 3.27. The van der Waals surface area contributed by atoms with Crippen molar-refractivity contribution in [2.75, 3.05) is 26.5 Å². The Balaban J connectivity index is 0. The van der Waals surface area contributed by atoms with Crippen molar-refractivity contribution in [3.05, 3.63) is 0 Å². The van der Waals surface area contributed by atoms with Crippen molar-refractivity contribution in [3.8, 4) is 0 Å². The second-order valence-electron chi connectivity index (χ2n) is 1.85. The van der Waals surface area contributed by atoms with E-state index in [0.29, 0.717) is 0 Å². The van der Waals surface area contributed by atoms with Crippen LogP contribution < -0.4 is 0 Å². The second-order valence-corrected chi connectivity index (χ2v) is 2.22. The van der Waals surface area contributed by atoms with E-state index in [-0.39, 0.29) is 19.5 Å².